The molecule has 3 rings (SSSR count). The summed E-state index contributed by atoms with van der Waals surface area (Å²) >= 11 is 0. The van der Waals surface area contributed by atoms with Crippen molar-refractivity contribution in [3.8, 4) is 0 Å². The number of hydrogen-bond donors (Lipinski definition) is 3. The lowest BCUT2D eigenvalue weighted by atomic mass is 10.1. The highest BCUT2D eigenvalue weighted by atomic mass is 16.3. The van der Waals surface area contributed by atoms with E-state index in [0.29, 0.717) is 13.1 Å². The minimum Gasteiger partial charge on any atom is -0.392 e. The number of aliphatic hydroxyl groups is 1. The van der Waals surface area contributed by atoms with Gasteiger partial charge in [-0.05, 0) is 22.8 Å². The SMILES string of the molecule is O=C(NCc1ccccc1CO)NCc1cccc2cccnc12. The molecular formula is C19H19N3O2. The minimum absolute atomic E-state index is 0.0405. The Morgan fingerprint density at radius 1 is 0.875 bits per heavy atom. The van der Waals surface area contributed by atoms with Gasteiger partial charge in [0.25, 0.3) is 0 Å². The average molecular weight is 321 g/mol. The number of fused-ring (bicyclic) bond motifs is 1. The number of carbonyl (C=O) groups excluding carboxylic acids is 1. The Morgan fingerprint density at radius 2 is 1.54 bits per heavy atom. The van der Waals surface area contributed by atoms with Gasteiger partial charge in [-0.2, -0.15) is 0 Å². The second kappa shape index (κ2) is 7.57. The van der Waals surface area contributed by atoms with Gasteiger partial charge in [-0.15, -0.1) is 0 Å². The van der Waals surface area contributed by atoms with Crippen molar-refractivity contribution in [1.29, 1.82) is 0 Å². The van der Waals surface area contributed by atoms with E-state index in [1.54, 1.807) is 6.20 Å². The Bertz CT molecular complexity index is 843. The zero-order valence-corrected chi connectivity index (χ0v) is 13.2. The number of para-hydroxylation sites is 1. The van der Waals surface area contributed by atoms with Crippen molar-refractivity contribution in [2.75, 3.05) is 0 Å². The normalized spacial score (nSPS) is 10.5. The fraction of sp³-hybridized carbons (Fsp3) is 0.158. The molecule has 0 bridgehead atoms. The van der Waals surface area contributed by atoms with Crippen LogP contribution in [-0.4, -0.2) is 16.1 Å². The first-order chi connectivity index (χ1) is 11.8. The molecule has 2 amide bonds. The van der Waals surface area contributed by atoms with Gasteiger partial charge < -0.3 is 15.7 Å². The highest BCUT2D eigenvalue weighted by molar-refractivity contribution is 5.82. The molecule has 0 fully saturated rings. The molecule has 5 nitrogen and oxygen atoms in total. The third-order valence-corrected chi connectivity index (χ3v) is 3.88. The molecule has 122 valence electrons. The van der Waals surface area contributed by atoms with Crippen LogP contribution in [0.1, 0.15) is 16.7 Å². The van der Waals surface area contributed by atoms with Crippen molar-refractivity contribution < 1.29 is 9.90 Å². The van der Waals surface area contributed by atoms with E-state index in [2.05, 4.69) is 15.6 Å². The molecular weight excluding hydrogens is 302 g/mol. The zero-order valence-electron chi connectivity index (χ0n) is 13.2. The van der Waals surface area contributed by atoms with Crippen LogP contribution in [0.4, 0.5) is 4.79 Å². The molecule has 0 aliphatic rings. The molecule has 2 aromatic carbocycles. The Labute approximate surface area is 140 Å². The topological polar surface area (TPSA) is 74.2 Å². The number of hydrogen-bond acceptors (Lipinski definition) is 3. The minimum atomic E-state index is -0.254. The summed E-state index contributed by atoms with van der Waals surface area (Å²) in [6, 6.07) is 17.0. The predicted molar refractivity (Wildman–Crippen MR) is 93.2 cm³/mol. The molecule has 3 aromatic rings. The van der Waals surface area contributed by atoms with Crippen molar-refractivity contribution in [2.45, 2.75) is 19.7 Å². The number of nitrogens with zero attached hydrogens (tertiary/aromatic N) is 1. The summed E-state index contributed by atoms with van der Waals surface area (Å²) in [6.07, 6.45) is 1.75. The summed E-state index contributed by atoms with van der Waals surface area (Å²) in [4.78, 5) is 16.4. The van der Waals surface area contributed by atoms with Crippen molar-refractivity contribution >= 4 is 16.9 Å². The monoisotopic (exact) mass is 321 g/mol. The molecule has 0 spiro atoms. The lowest BCUT2D eigenvalue weighted by Crippen LogP contribution is -2.34. The number of benzene rings is 2. The van der Waals surface area contributed by atoms with Crippen LogP contribution in [0.5, 0.6) is 0 Å². The number of nitrogens with one attached hydrogen (secondary N) is 2. The van der Waals surface area contributed by atoms with Crippen LogP contribution in [0, 0.1) is 0 Å². The molecule has 0 radical (unpaired) electrons. The lowest BCUT2D eigenvalue weighted by Gasteiger charge is -2.11. The molecule has 0 atom stereocenters. The maximum Gasteiger partial charge on any atom is 0.315 e. The number of aliphatic hydroxyl groups excluding tert-OH is 1. The highest BCUT2D eigenvalue weighted by Gasteiger charge is 2.06. The molecule has 1 heterocycles. The molecule has 5 heteroatoms. The van der Waals surface area contributed by atoms with Crippen LogP contribution in [-0.2, 0) is 19.7 Å². The first-order valence-electron chi connectivity index (χ1n) is 7.80. The van der Waals surface area contributed by atoms with Crippen LogP contribution >= 0.6 is 0 Å². The Morgan fingerprint density at radius 3 is 2.33 bits per heavy atom. The first-order valence-corrected chi connectivity index (χ1v) is 7.80. The molecule has 0 aliphatic heterocycles. The Hall–Kier alpha value is -2.92. The van der Waals surface area contributed by atoms with Crippen LogP contribution < -0.4 is 10.6 Å². The highest BCUT2D eigenvalue weighted by Crippen LogP contribution is 2.15. The predicted octanol–water partition coefficient (Wildman–Crippen LogP) is 2.73. The summed E-state index contributed by atoms with van der Waals surface area (Å²) in [6.45, 7) is 0.735. The van der Waals surface area contributed by atoms with Crippen molar-refractivity contribution in [3.63, 3.8) is 0 Å². The van der Waals surface area contributed by atoms with E-state index >= 15 is 0 Å². The van der Waals surface area contributed by atoms with Gasteiger partial charge in [-0.25, -0.2) is 4.79 Å². The second-order valence-electron chi connectivity index (χ2n) is 5.46. The first kappa shape index (κ1) is 16.0. The average Bonchev–Trinajstić information content (AvgIpc) is 2.64. The van der Waals surface area contributed by atoms with Crippen LogP contribution in [0.25, 0.3) is 10.9 Å². The smallest absolute Gasteiger partial charge is 0.315 e. The molecule has 0 saturated heterocycles. The van der Waals surface area contributed by atoms with Gasteiger partial charge in [-0.1, -0.05) is 48.5 Å². The molecule has 1 aromatic heterocycles. The molecule has 0 aliphatic carbocycles. The number of aromatic nitrogens is 1. The van der Waals surface area contributed by atoms with Crippen molar-refractivity contribution in [2.24, 2.45) is 0 Å². The maximum absolute atomic E-state index is 12.0. The Kier molecular flexibility index (Phi) is 5.03. The van der Waals surface area contributed by atoms with E-state index in [4.69, 9.17) is 0 Å². The number of amides is 2. The van der Waals surface area contributed by atoms with Crippen LogP contribution in [0.3, 0.4) is 0 Å². The zero-order chi connectivity index (χ0) is 16.8. The molecule has 0 unspecified atom stereocenters. The van der Waals surface area contributed by atoms with Crippen LogP contribution in [0.15, 0.2) is 60.8 Å². The van der Waals surface area contributed by atoms with E-state index in [-0.39, 0.29) is 12.6 Å². The fourth-order valence-corrected chi connectivity index (χ4v) is 2.61. The molecule has 0 saturated carbocycles. The number of carbonyl (C=O) groups is 1. The van der Waals surface area contributed by atoms with E-state index in [0.717, 1.165) is 27.6 Å². The van der Waals surface area contributed by atoms with E-state index < -0.39 is 0 Å². The summed E-state index contributed by atoms with van der Waals surface area (Å²) in [5.41, 5.74) is 3.59. The second-order valence-corrected chi connectivity index (χ2v) is 5.46. The quantitative estimate of drug-likeness (QED) is 0.676. The van der Waals surface area contributed by atoms with Gasteiger partial charge in [0, 0.05) is 24.7 Å². The maximum atomic E-state index is 12.0. The third kappa shape index (κ3) is 3.70. The summed E-state index contributed by atoms with van der Waals surface area (Å²) < 4.78 is 0. The Balaban J connectivity index is 1.59. The van der Waals surface area contributed by atoms with Gasteiger partial charge in [-0.3, -0.25) is 4.98 Å². The van der Waals surface area contributed by atoms with Crippen molar-refractivity contribution in [3.05, 3.63) is 77.5 Å². The van der Waals surface area contributed by atoms with Crippen LogP contribution in [0.2, 0.25) is 0 Å². The number of rotatable bonds is 5. The summed E-state index contributed by atoms with van der Waals surface area (Å²) in [5, 5.41) is 16.0. The molecule has 24 heavy (non-hydrogen) atoms. The molecule has 3 N–H and O–H groups in total. The van der Waals surface area contributed by atoms with E-state index in [1.807, 2.05) is 54.6 Å². The van der Waals surface area contributed by atoms with Gasteiger partial charge in [0.15, 0.2) is 0 Å². The number of pyridine rings is 1. The summed E-state index contributed by atoms with van der Waals surface area (Å²) in [5.74, 6) is 0. The van der Waals surface area contributed by atoms with E-state index in [1.165, 1.54) is 0 Å². The van der Waals surface area contributed by atoms with Gasteiger partial charge in [0.1, 0.15) is 0 Å². The van der Waals surface area contributed by atoms with Crippen molar-refractivity contribution in [1.82, 2.24) is 15.6 Å². The van der Waals surface area contributed by atoms with E-state index in [9.17, 15) is 9.90 Å². The number of urea groups is 1. The third-order valence-electron chi connectivity index (χ3n) is 3.88. The van der Waals surface area contributed by atoms with Gasteiger partial charge >= 0.3 is 6.03 Å². The standard InChI is InChI=1S/C19H19N3O2/c23-13-17-6-2-1-5-15(17)11-21-19(24)22-12-16-8-3-7-14-9-4-10-20-18(14)16/h1-10,23H,11-13H2,(H2,21,22,24). The van der Waals surface area contributed by atoms with Gasteiger partial charge in [0.2, 0.25) is 0 Å². The fourth-order valence-electron chi connectivity index (χ4n) is 2.61. The summed E-state index contributed by atoms with van der Waals surface area (Å²) in [7, 11) is 0. The largest absolute Gasteiger partial charge is 0.392 e. The lowest BCUT2D eigenvalue weighted by molar-refractivity contribution is 0.240. The van der Waals surface area contributed by atoms with Gasteiger partial charge in [0.05, 0.1) is 12.1 Å².